The minimum Gasteiger partial charge on any atom is -0.294 e. The maximum atomic E-state index is 11.6. The molecule has 0 aromatic heterocycles. The Balaban J connectivity index is 2.92. The Morgan fingerprint density at radius 2 is 2.08 bits per heavy atom. The van der Waals surface area contributed by atoms with E-state index in [1.807, 2.05) is 44.5 Å². The van der Waals surface area contributed by atoms with E-state index < -0.39 is 0 Å². The van der Waals surface area contributed by atoms with Gasteiger partial charge in [-0.3, -0.25) is 4.79 Å². The second kappa shape index (κ2) is 4.80. The van der Waals surface area contributed by atoms with Crippen LogP contribution >= 0.6 is 0 Å². The molecule has 0 atom stereocenters. The van der Waals surface area contributed by atoms with Crippen LogP contribution in [-0.4, -0.2) is 5.78 Å². The first-order chi connectivity index (χ1) is 6.29. The van der Waals surface area contributed by atoms with Crippen molar-refractivity contribution in [1.82, 2.24) is 0 Å². The van der Waals surface area contributed by atoms with Crippen LogP contribution < -0.4 is 0 Å². The van der Waals surface area contributed by atoms with Crippen LogP contribution in [0, 0.1) is 6.42 Å². The van der Waals surface area contributed by atoms with Crippen LogP contribution in [0.4, 0.5) is 0 Å². The van der Waals surface area contributed by atoms with Crippen LogP contribution in [0.1, 0.15) is 42.6 Å². The third-order valence-electron chi connectivity index (χ3n) is 2.05. The van der Waals surface area contributed by atoms with Gasteiger partial charge in [0.15, 0.2) is 5.78 Å². The Hall–Kier alpha value is -1.11. The first-order valence-electron chi connectivity index (χ1n) is 4.71. The SMILES string of the molecule is C[CH]c1ccccc1C(=O)CCC. The lowest BCUT2D eigenvalue weighted by Gasteiger charge is -2.04. The quantitative estimate of drug-likeness (QED) is 0.642. The van der Waals surface area contributed by atoms with Crippen molar-refractivity contribution in [2.75, 3.05) is 0 Å². The van der Waals surface area contributed by atoms with Gasteiger partial charge in [-0.25, -0.2) is 0 Å². The molecule has 0 N–H and O–H groups in total. The second-order valence-corrected chi connectivity index (χ2v) is 3.05. The topological polar surface area (TPSA) is 17.1 Å². The molecule has 1 aromatic carbocycles. The fraction of sp³-hybridized carbons (Fsp3) is 0.333. The molecule has 0 fully saturated rings. The number of Topliss-reactive ketones (excluding diaryl/α,β-unsaturated/α-hetero) is 1. The van der Waals surface area contributed by atoms with Gasteiger partial charge >= 0.3 is 0 Å². The largest absolute Gasteiger partial charge is 0.294 e. The van der Waals surface area contributed by atoms with Gasteiger partial charge in [0, 0.05) is 12.0 Å². The molecule has 13 heavy (non-hydrogen) atoms. The lowest BCUT2D eigenvalue weighted by Crippen LogP contribution is -2.01. The molecular weight excluding hydrogens is 160 g/mol. The van der Waals surface area contributed by atoms with Gasteiger partial charge in [-0.15, -0.1) is 0 Å². The lowest BCUT2D eigenvalue weighted by atomic mass is 9.99. The van der Waals surface area contributed by atoms with Crippen molar-refractivity contribution in [3.63, 3.8) is 0 Å². The van der Waals surface area contributed by atoms with Crippen molar-refractivity contribution in [3.05, 3.63) is 41.8 Å². The van der Waals surface area contributed by atoms with Crippen molar-refractivity contribution < 1.29 is 4.79 Å². The monoisotopic (exact) mass is 175 g/mol. The van der Waals surface area contributed by atoms with Crippen LogP contribution in [0.2, 0.25) is 0 Å². The predicted octanol–water partition coefficient (Wildman–Crippen LogP) is 3.24. The number of hydrogen-bond acceptors (Lipinski definition) is 1. The Bertz CT molecular complexity index is 289. The first-order valence-corrected chi connectivity index (χ1v) is 4.71. The Morgan fingerprint density at radius 1 is 1.38 bits per heavy atom. The summed E-state index contributed by atoms with van der Waals surface area (Å²) >= 11 is 0. The van der Waals surface area contributed by atoms with Gasteiger partial charge in [-0.2, -0.15) is 0 Å². The van der Waals surface area contributed by atoms with Crippen molar-refractivity contribution in [1.29, 1.82) is 0 Å². The molecule has 0 aliphatic heterocycles. The highest BCUT2D eigenvalue weighted by Gasteiger charge is 2.07. The van der Waals surface area contributed by atoms with Crippen molar-refractivity contribution in [3.8, 4) is 0 Å². The average molecular weight is 175 g/mol. The van der Waals surface area contributed by atoms with Crippen LogP contribution in [0.5, 0.6) is 0 Å². The van der Waals surface area contributed by atoms with Crippen LogP contribution in [0.25, 0.3) is 0 Å². The average Bonchev–Trinajstić information content (AvgIpc) is 2.18. The van der Waals surface area contributed by atoms with Crippen molar-refractivity contribution >= 4 is 5.78 Å². The van der Waals surface area contributed by atoms with E-state index in [-0.39, 0.29) is 5.78 Å². The highest BCUT2D eigenvalue weighted by Crippen LogP contribution is 2.13. The van der Waals surface area contributed by atoms with E-state index in [1.54, 1.807) is 0 Å². The fourth-order valence-corrected chi connectivity index (χ4v) is 1.36. The maximum Gasteiger partial charge on any atom is 0.163 e. The molecule has 0 saturated heterocycles. The van der Waals surface area contributed by atoms with Crippen molar-refractivity contribution in [2.24, 2.45) is 0 Å². The maximum absolute atomic E-state index is 11.6. The van der Waals surface area contributed by atoms with E-state index in [2.05, 4.69) is 0 Å². The number of hydrogen-bond donors (Lipinski definition) is 0. The van der Waals surface area contributed by atoms with E-state index >= 15 is 0 Å². The van der Waals surface area contributed by atoms with E-state index in [9.17, 15) is 4.79 Å². The molecule has 0 spiro atoms. The molecule has 0 amide bonds. The Morgan fingerprint density at radius 3 is 2.69 bits per heavy atom. The summed E-state index contributed by atoms with van der Waals surface area (Å²) in [7, 11) is 0. The zero-order valence-corrected chi connectivity index (χ0v) is 8.21. The number of rotatable bonds is 4. The Labute approximate surface area is 79.8 Å². The van der Waals surface area contributed by atoms with Gasteiger partial charge in [0.2, 0.25) is 0 Å². The summed E-state index contributed by atoms with van der Waals surface area (Å²) in [6.07, 6.45) is 3.53. The molecular formula is C12H15O. The van der Waals surface area contributed by atoms with E-state index in [1.165, 1.54) is 0 Å². The molecule has 0 saturated carbocycles. The van der Waals surface area contributed by atoms with Crippen LogP contribution in [0.15, 0.2) is 24.3 Å². The van der Waals surface area contributed by atoms with Gasteiger partial charge in [0.05, 0.1) is 0 Å². The smallest absolute Gasteiger partial charge is 0.163 e. The summed E-state index contributed by atoms with van der Waals surface area (Å²) in [4.78, 5) is 11.6. The summed E-state index contributed by atoms with van der Waals surface area (Å²) in [5, 5.41) is 0. The molecule has 0 aliphatic carbocycles. The Kier molecular flexibility index (Phi) is 3.69. The normalized spacial score (nSPS) is 10.0. The number of benzene rings is 1. The molecule has 1 rings (SSSR count). The molecule has 1 nitrogen and oxygen atoms in total. The fourth-order valence-electron chi connectivity index (χ4n) is 1.36. The van der Waals surface area contributed by atoms with Crippen molar-refractivity contribution in [2.45, 2.75) is 26.7 Å². The van der Waals surface area contributed by atoms with E-state index in [0.29, 0.717) is 6.42 Å². The summed E-state index contributed by atoms with van der Waals surface area (Å²) in [6.45, 7) is 3.98. The summed E-state index contributed by atoms with van der Waals surface area (Å²) in [5.74, 6) is 0.246. The number of carbonyl (C=O) groups excluding carboxylic acids is 1. The molecule has 0 unspecified atom stereocenters. The van der Waals surface area contributed by atoms with E-state index in [4.69, 9.17) is 0 Å². The minimum absolute atomic E-state index is 0.246. The second-order valence-electron chi connectivity index (χ2n) is 3.05. The third-order valence-corrected chi connectivity index (χ3v) is 2.05. The third kappa shape index (κ3) is 2.41. The van der Waals surface area contributed by atoms with Crippen LogP contribution in [-0.2, 0) is 0 Å². The number of ketones is 1. The summed E-state index contributed by atoms with van der Waals surface area (Å²) in [6, 6.07) is 7.74. The first kappa shape index (κ1) is 9.97. The van der Waals surface area contributed by atoms with E-state index in [0.717, 1.165) is 17.5 Å². The molecule has 1 heteroatoms. The molecule has 0 heterocycles. The minimum atomic E-state index is 0.246. The zero-order valence-electron chi connectivity index (χ0n) is 8.21. The van der Waals surface area contributed by atoms with Gasteiger partial charge in [-0.05, 0) is 18.4 Å². The molecule has 0 aliphatic rings. The van der Waals surface area contributed by atoms with Gasteiger partial charge in [-0.1, -0.05) is 38.1 Å². The van der Waals surface area contributed by atoms with Gasteiger partial charge in [0.25, 0.3) is 0 Å². The molecule has 69 valence electrons. The number of carbonyl (C=O) groups is 1. The van der Waals surface area contributed by atoms with Crippen LogP contribution in [0.3, 0.4) is 0 Å². The highest BCUT2D eigenvalue weighted by molar-refractivity contribution is 5.97. The molecule has 1 aromatic rings. The molecule has 0 bridgehead atoms. The highest BCUT2D eigenvalue weighted by atomic mass is 16.1. The zero-order chi connectivity index (χ0) is 9.68. The summed E-state index contributed by atoms with van der Waals surface area (Å²) < 4.78 is 0. The predicted molar refractivity (Wildman–Crippen MR) is 54.8 cm³/mol. The van der Waals surface area contributed by atoms with Gasteiger partial charge < -0.3 is 0 Å². The lowest BCUT2D eigenvalue weighted by molar-refractivity contribution is 0.0981. The standard InChI is InChI=1S/C12H15O/c1-3-7-12(13)11-9-6-5-8-10(11)4-2/h4-6,8-9H,3,7H2,1-2H3. The van der Waals surface area contributed by atoms with Gasteiger partial charge in [0.1, 0.15) is 0 Å². The molecule has 1 radical (unpaired) electrons. The summed E-state index contributed by atoms with van der Waals surface area (Å²) in [5.41, 5.74) is 1.90.